The third-order valence-electron chi connectivity index (χ3n) is 4.22. The smallest absolute Gasteiger partial charge is 0.331 e. The summed E-state index contributed by atoms with van der Waals surface area (Å²) < 4.78 is 21.0. The first-order valence-electron chi connectivity index (χ1n) is 9.28. The van der Waals surface area contributed by atoms with Gasteiger partial charge < -0.3 is 24.3 Å². The molecule has 0 atom stereocenters. The molecule has 7 nitrogen and oxygen atoms in total. The van der Waals surface area contributed by atoms with E-state index in [1.54, 1.807) is 25.3 Å². The van der Waals surface area contributed by atoms with E-state index in [4.69, 9.17) is 18.9 Å². The van der Waals surface area contributed by atoms with Gasteiger partial charge in [-0.2, -0.15) is 0 Å². The number of carbonyl (C=O) groups excluding carboxylic acids is 2. The summed E-state index contributed by atoms with van der Waals surface area (Å²) in [5, 5.41) is 2.73. The molecule has 152 valence electrons. The van der Waals surface area contributed by atoms with Crippen molar-refractivity contribution in [2.45, 2.75) is 6.42 Å². The number of fused-ring (bicyclic) bond motifs is 1. The molecule has 1 aliphatic heterocycles. The SMILES string of the molecule is COc1ccc(/C=C/C(=O)OCC(=O)NCCc2ccc3c(c2)OCCO3)cc1. The average Bonchev–Trinajstić information content (AvgIpc) is 2.76. The Hall–Kier alpha value is -3.48. The molecule has 7 heteroatoms. The highest BCUT2D eigenvalue weighted by Crippen LogP contribution is 2.30. The lowest BCUT2D eigenvalue weighted by molar-refractivity contribution is -0.143. The molecule has 0 radical (unpaired) electrons. The van der Waals surface area contributed by atoms with Crippen LogP contribution in [0.25, 0.3) is 6.08 Å². The number of ether oxygens (including phenoxy) is 4. The first-order chi connectivity index (χ1) is 14.1. The van der Waals surface area contributed by atoms with E-state index < -0.39 is 5.97 Å². The van der Waals surface area contributed by atoms with Gasteiger partial charge in [0, 0.05) is 12.6 Å². The maximum Gasteiger partial charge on any atom is 0.331 e. The number of hydrogen-bond acceptors (Lipinski definition) is 6. The number of amides is 1. The van der Waals surface area contributed by atoms with E-state index in [0.717, 1.165) is 28.4 Å². The Bertz CT molecular complexity index is 875. The minimum Gasteiger partial charge on any atom is -0.497 e. The molecule has 0 unspecified atom stereocenters. The highest BCUT2D eigenvalue weighted by atomic mass is 16.6. The molecule has 1 aliphatic rings. The van der Waals surface area contributed by atoms with Gasteiger partial charge in [0.25, 0.3) is 5.91 Å². The second-order valence-electron chi connectivity index (χ2n) is 6.29. The van der Waals surface area contributed by atoms with E-state index in [-0.39, 0.29) is 12.5 Å². The van der Waals surface area contributed by atoms with E-state index >= 15 is 0 Å². The van der Waals surface area contributed by atoms with Crippen molar-refractivity contribution in [3.8, 4) is 17.2 Å². The quantitative estimate of drug-likeness (QED) is 0.544. The first-order valence-corrected chi connectivity index (χ1v) is 9.28. The monoisotopic (exact) mass is 397 g/mol. The Balaban J connectivity index is 1.36. The molecule has 0 spiro atoms. The topological polar surface area (TPSA) is 83.1 Å². The first kappa shape index (κ1) is 20.3. The fourth-order valence-corrected chi connectivity index (χ4v) is 2.70. The highest BCUT2D eigenvalue weighted by molar-refractivity contribution is 5.89. The summed E-state index contributed by atoms with van der Waals surface area (Å²) in [5.41, 5.74) is 1.85. The zero-order valence-electron chi connectivity index (χ0n) is 16.2. The third-order valence-corrected chi connectivity index (χ3v) is 4.22. The number of nitrogens with one attached hydrogen (secondary N) is 1. The lowest BCUT2D eigenvalue weighted by Crippen LogP contribution is -2.30. The van der Waals surface area contributed by atoms with Gasteiger partial charge in [-0.15, -0.1) is 0 Å². The molecule has 1 heterocycles. The number of carbonyl (C=O) groups is 2. The molecule has 2 aromatic rings. The zero-order valence-corrected chi connectivity index (χ0v) is 16.2. The van der Waals surface area contributed by atoms with Gasteiger partial charge >= 0.3 is 5.97 Å². The van der Waals surface area contributed by atoms with E-state index in [2.05, 4.69) is 5.32 Å². The van der Waals surface area contributed by atoms with Crippen molar-refractivity contribution in [2.75, 3.05) is 33.5 Å². The van der Waals surface area contributed by atoms with Crippen molar-refractivity contribution in [2.24, 2.45) is 0 Å². The Labute approximate surface area is 169 Å². The van der Waals surface area contributed by atoms with Crippen LogP contribution in [0.4, 0.5) is 0 Å². The Morgan fingerprint density at radius 3 is 2.59 bits per heavy atom. The fourth-order valence-electron chi connectivity index (χ4n) is 2.70. The van der Waals surface area contributed by atoms with Crippen molar-refractivity contribution < 1.29 is 28.5 Å². The van der Waals surface area contributed by atoms with E-state index in [1.165, 1.54) is 6.08 Å². The second kappa shape index (κ2) is 10.2. The molecule has 29 heavy (non-hydrogen) atoms. The Morgan fingerprint density at radius 2 is 1.83 bits per heavy atom. The number of hydrogen-bond donors (Lipinski definition) is 1. The van der Waals surface area contributed by atoms with Gasteiger partial charge in [0.1, 0.15) is 19.0 Å². The number of esters is 1. The molecule has 0 saturated heterocycles. The lowest BCUT2D eigenvalue weighted by Gasteiger charge is -2.18. The van der Waals surface area contributed by atoms with Crippen LogP contribution in [-0.2, 0) is 20.7 Å². The summed E-state index contributed by atoms with van der Waals surface area (Å²) >= 11 is 0. The van der Waals surface area contributed by atoms with Crippen LogP contribution in [0.3, 0.4) is 0 Å². The van der Waals surface area contributed by atoms with Crippen LogP contribution in [-0.4, -0.2) is 45.4 Å². The van der Waals surface area contributed by atoms with Gasteiger partial charge in [0.2, 0.25) is 0 Å². The third kappa shape index (κ3) is 6.27. The van der Waals surface area contributed by atoms with Crippen molar-refractivity contribution >= 4 is 18.0 Å². The van der Waals surface area contributed by atoms with E-state index in [0.29, 0.717) is 26.2 Å². The fraction of sp³-hybridized carbons (Fsp3) is 0.273. The van der Waals surface area contributed by atoms with Crippen LogP contribution >= 0.6 is 0 Å². The summed E-state index contributed by atoms with van der Waals surface area (Å²) in [6.07, 6.45) is 3.53. The molecule has 2 aromatic carbocycles. The number of rotatable bonds is 8. The van der Waals surface area contributed by atoms with Crippen molar-refractivity contribution in [3.63, 3.8) is 0 Å². The Kier molecular flexibility index (Phi) is 7.10. The van der Waals surface area contributed by atoms with E-state index in [9.17, 15) is 9.59 Å². The minimum atomic E-state index is -0.581. The molecule has 0 saturated carbocycles. The second-order valence-corrected chi connectivity index (χ2v) is 6.29. The maximum absolute atomic E-state index is 11.8. The van der Waals surface area contributed by atoms with E-state index in [1.807, 2.05) is 30.3 Å². The largest absolute Gasteiger partial charge is 0.497 e. The summed E-state index contributed by atoms with van der Waals surface area (Å²) in [7, 11) is 1.59. The van der Waals surface area contributed by atoms with Gasteiger partial charge in [-0.05, 0) is 47.9 Å². The Morgan fingerprint density at radius 1 is 1.07 bits per heavy atom. The van der Waals surface area contributed by atoms with Crippen LogP contribution in [0.15, 0.2) is 48.5 Å². The molecule has 0 fully saturated rings. The lowest BCUT2D eigenvalue weighted by atomic mass is 10.1. The van der Waals surface area contributed by atoms with Gasteiger partial charge in [-0.3, -0.25) is 4.79 Å². The van der Waals surface area contributed by atoms with Crippen molar-refractivity contribution in [1.82, 2.24) is 5.32 Å². The summed E-state index contributed by atoms with van der Waals surface area (Å²) in [5.74, 6) is 1.26. The molecular weight excluding hydrogens is 374 g/mol. The average molecular weight is 397 g/mol. The van der Waals surface area contributed by atoms with Crippen LogP contribution < -0.4 is 19.5 Å². The molecule has 1 amide bonds. The van der Waals surface area contributed by atoms with Crippen LogP contribution in [0, 0.1) is 0 Å². The molecule has 0 aliphatic carbocycles. The standard InChI is InChI=1S/C22H23NO6/c1-26-18-6-2-16(3-7-18)5-9-22(25)29-15-21(24)23-11-10-17-4-8-19-20(14-17)28-13-12-27-19/h2-9,14H,10-13,15H2,1H3,(H,23,24)/b9-5+. The van der Waals surface area contributed by atoms with Gasteiger partial charge in [-0.25, -0.2) is 4.79 Å². The van der Waals surface area contributed by atoms with Gasteiger partial charge in [-0.1, -0.05) is 18.2 Å². The molecule has 0 bridgehead atoms. The maximum atomic E-state index is 11.8. The van der Waals surface area contributed by atoms with Gasteiger partial charge in [0.15, 0.2) is 18.1 Å². The molecular formula is C22H23NO6. The predicted molar refractivity (Wildman–Crippen MR) is 107 cm³/mol. The van der Waals surface area contributed by atoms with Gasteiger partial charge in [0.05, 0.1) is 7.11 Å². The van der Waals surface area contributed by atoms with Crippen molar-refractivity contribution in [3.05, 3.63) is 59.7 Å². The minimum absolute atomic E-state index is 0.326. The van der Waals surface area contributed by atoms with Crippen LogP contribution in [0.1, 0.15) is 11.1 Å². The number of benzene rings is 2. The molecule has 3 rings (SSSR count). The highest BCUT2D eigenvalue weighted by Gasteiger charge is 2.12. The van der Waals surface area contributed by atoms with Crippen LogP contribution in [0.5, 0.6) is 17.2 Å². The number of methoxy groups -OCH3 is 1. The predicted octanol–water partition coefficient (Wildman–Crippen LogP) is 2.38. The van der Waals surface area contributed by atoms with Crippen LogP contribution in [0.2, 0.25) is 0 Å². The zero-order chi connectivity index (χ0) is 20.5. The van der Waals surface area contributed by atoms with Crippen molar-refractivity contribution in [1.29, 1.82) is 0 Å². The summed E-state index contributed by atoms with van der Waals surface area (Å²) in [6, 6.07) is 12.9. The summed E-state index contributed by atoms with van der Waals surface area (Å²) in [6.45, 7) is 1.19. The summed E-state index contributed by atoms with van der Waals surface area (Å²) in [4.78, 5) is 23.6. The normalized spacial score (nSPS) is 12.4. The molecule has 0 aromatic heterocycles. The molecule has 1 N–H and O–H groups in total.